The maximum atomic E-state index is 13.3. The first-order valence-electron chi connectivity index (χ1n) is 15.1. The number of hydrogen-bond donors (Lipinski definition) is 0. The molecule has 0 atom stereocenters. The molecule has 1 aromatic rings. The molecule has 0 N–H and O–H groups in total. The van der Waals surface area contributed by atoms with Gasteiger partial charge in [0.1, 0.15) is 5.82 Å². The standard InChI is InChI=1S/C31H47F4NO3/c1-2-3-4-5-6-7-8-9-10-11-12-13-14-15-16-23-39-30(38)25-19-21-36(22-20-25)29(37)27-18-17-26(32)24-28(27)31(33,34)35/h17-18,24-25H,2-16,19-23H2,1H3. The zero-order valence-electron chi connectivity index (χ0n) is 23.6. The third-order valence-electron chi connectivity index (χ3n) is 7.63. The Morgan fingerprint density at radius 1 is 0.821 bits per heavy atom. The number of ether oxygens (including phenoxy) is 1. The van der Waals surface area contributed by atoms with Crippen molar-refractivity contribution < 1.29 is 31.9 Å². The second-order valence-corrected chi connectivity index (χ2v) is 10.9. The van der Waals surface area contributed by atoms with Gasteiger partial charge < -0.3 is 9.64 Å². The Kier molecular flexibility index (Phi) is 15.5. The molecule has 0 radical (unpaired) electrons. The number of amides is 1. The van der Waals surface area contributed by atoms with E-state index < -0.39 is 29.0 Å². The number of piperidine rings is 1. The van der Waals surface area contributed by atoms with Gasteiger partial charge in [0.25, 0.3) is 5.91 Å². The van der Waals surface area contributed by atoms with Gasteiger partial charge in [-0.05, 0) is 37.5 Å². The molecule has 1 amide bonds. The number of halogens is 4. The van der Waals surface area contributed by atoms with E-state index in [0.717, 1.165) is 31.4 Å². The first-order valence-corrected chi connectivity index (χ1v) is 15.1. The van der Waals surface area contributed by atoms with Crippen LogP contribution in [0.5, 0.6) is 0 Å². The van der Waals surface area contributed by atoms with E-state index in [4.69, 9.17) is 4.74 Å². The predicted octanol–water partition coefficient (Wildman–Crippen LogP) is 9.11. The van der Waals surface area contributed by atoms with Gasteiger partial charge in [-0.3, -0.25) is 9.59 Å². The zero-order chi connectivity index (χ0) is 28.5. The number of rotatable bonds is 18. The summed E-state index contributed by atoms with van der Waals surface area (Å²) < 4.78 is 58.6. The zero-order valence-corrected chi connectivity index (χ0v) is 23.6. The van der Waals surface area contributed by atoms with E-state index in [1.165, 1.54) is 81.9 Å². The Labute approximate surface area is 231 Å². The Hall–Kier alpha value is -2.12. The molecule has 0 bridgehead atoms. The molecule has 1 aliphatic heterocycles. The molecule has 0 saturated carbocycles. The second-order valence-electron chi connectivity index (χ2n) is 10.9. The number of esters is 1. The number of carbonyl (C=O) groups excluding carboxylic acids is 2. The number of alkyl halides is 3. The SMILES string of the molecule is CCCCCCCCCCCCCCCCCOC(=O)C1CCN(C(=O)c2ccc(F)cc2C(F)(F)F)CC1. The molecule has 0 aromatic heterocycles. The van der Waals surface area contributed by atoms with E-state index in [9.17, 15) is 27.2 Å². The topological polar surface area (TPSA) is 46.6 Å². The van der Waals surface area contributed by atoms with Crippen LogP contribution in [0.2, 0.25) is 0 Å². The molecule has 8 heteroatoms. The highest BCUT2D eigenvalue weighted by Gasteiger charge is 2.37. The molecule has 1 saturated heterocycles. The number of carbonyl (C=O) groups is 2. The molecule has 2 rings (SSSR count). The number of unbranched alkanes of at least 4 members (excludes halogenated alkanes) is 14. The summed E-state index contributed by atoms with van der Waals surface area (Å²) in [7, 11) is 0. The molecule has 0 spiro atoms. The molecule has 1 aliphatic rings. The smallest absolute Gasteiger partial charge is 0.417 e. The minimum Gasteiger partial charge on any atom is -0.465 e. The fourth-order valence-corrected chi connectivity index (χ4v) is 5.19. The molecule has 39 heavy (non-hydrogen) atoms. The van der Waals surface area contributed by atoms with Crippen LogP contribution in [0.1, 0.15) is 132 Å². The Bertz CT molecular complexity index is 851. The third kappa shape index (κ3) is 12.7. The summed E-state index contributed by atoms with van der Waals surface area (Å²) in [5.74, 6) is -2.51. The van der Waals surface area contributed by atoms with E-state index >= 15 is 0 Å². The molecule has 222 valence electrons. The van der Waals surface area contributed by atoms with Gasteiger partial charge >= 0.3 is 12.1 Å². The average molecular weight is 558 g/mol. The highest BCUT2D eigenvalue weighted by atomic mass is 19.4. The Morgan fingerprint density at radius 2 is 1.31 bits per heavy atom. The molecule has 1 fully saturated rings. The number of hydrogen-bond acceptors (Lipinski definition) is 3. The first kappa shape index (κ1) is 33.1. The van der Waals surface area contributed by atoms with Crippen LogP contribution < -0.4 is 0 Å². The lowest BCUT2D eigenvalue weighted by Gasteiger charge is -2.31. The number of nitrogens with zero attached hydrogens (tertiary/aromatic N) is 1. The fraction of sp³-hybridized carbons (Fsp3) is 0.742. The van der Waals surface area contributed by atoms with Crippen LogP contribution in [0.25, 0.3) is 0 Å². The fourth-order valence-electron chi connectivity index (χ4n) is 5.19. The molecule has 1 aromatic carbocycles. The minimum atomic E-state index is -4.83. The number of benzene rings is 1. The van der Waals surface area contributed by atoms with E-state index in [1.807, 2.05) is 0 Å². The van der Waals surface area contributed by atoms with Crippen molar-refractivity contribution in [1.82, 2.24) is 4.90 Å². The van der Waals surface area contributed by atoms with E-state index in [-0.39, 0.29) is 25.0 Å². The van der Waals surface area contributed by atoms with Gasteiger partial charge in [0.05, 0.1) is 23.7 Å². The molecule has 0 unspecified atom stereocenters. The van der Waals surface area contributed by atoms with Crippen molar-refractivity contribution in [3.05, 3.63) is 35.1 Å². The van der Waals surface area contributed by atoms with Gasteiger partial charge in [-0.15, -0.1) is 0 Å². The van der Waals surface area contributed by atoms with Crippen LogP contribution in [0.4, 0.5) is 17.6 Å². The molecule has 4 nitrogen and oxygen atoms in total. The first-order chi connectivity index (χ1) is 18.7. The highest BCUT2D eigenvalue weighted by molar-refractivity contribution is 5.96. The van der Waals surface area contributed by atoms with Crippen molar-refractivity contribution in [2.45, 2.75) is 122 Å². The van der Waals surface area contributed by atoms with Crippen molar-refractivity contribution in [2.24, 2.45) is 5.92 Å². The van der Waals surface area contributed by atoms with Crippen molar-refractivity contribution in [1.29, 1.82) is 0 Å². The Morgan fingerprint density at radius 3 is 1.79 bits per heavy atom. The lowest BCUT2D eigenvalue weighted by molar-refractivity contribution is -0.150. The van der Waals surface area contributed by atoms with E-state index in [1.54, 1.807) is 0 Å². The summed E-state index contributed by atoms with van der Waals surface area (Å²) in [6.07, 6.45) is 14.8. The van der Waals surface area contributed by atoms with Gasteiger partial charge in [0.2, 0.25) is 0 Å². The second kappa shape index (κ2) is 18.3. The number of likely N-dealkylation sites (tertiary alicyclic amines) is 1. The highest BCUT2D eigenvalue weighted by Crippen LogP contribution is 2.33. The van der Waals surface area contributed by atoms with Crippen LogP contribution in [0.15, 0.2) is 18.2 Å². The van der Waals surface area contributed by atoms with Gasteiger partial charge in [-0.2, -0.15) is 13.2 Å². The average Bonchev–Trinajstić information content (AvgIpc) is 2.92. The van der Waals surface area contributed by atoms with Gasteiger partial charge in [-0.1, -0.05) is 96.8 Å². The van der Waals surface area contributed by atoms with Crippen molar-refractivity contribution in [3.8, 4) is 0 Å². The summed E-state index contributed by atoms with van der Waals surface area (Å²) in [6.45, 7) is 2.94. The summed E-state index contributed by atoms with van der Waals surface area (Å²) >= 11 is 0. The maximum Gasteiger partial charge on any atom is 0.417 e. The quantitative estimate of drug-likeness (QED) is 0.103. The summed E-state index contributed by atoms with van der Waals surface area (Å²) in [5, 5.41) is 0. The van der Waals surface area contributed by atoms with Gasteiger partial charge in [0, 0.05) is 13.1 Å². The van der Waals surface area contributed by atoms with Crippen LogP contribution in [0.3, 0.4) is 0 Å². The summed E-state index contributed by atoms with van der Waals surface area (Å²) in [4.78, 5) is 26.4. The molecule has 1 heterocycles. The predicted molar refractivity (Wildman–Crippen MR) is 146 cm³/mol. The maximum absolute atomic E-state index is 13.3. The van der Waals surface area contributed by atoms with Crippen molar-refractivity contribution >= 4 is 11.9 Å². The van der Waals surface area contributed by atoms with Crippen LogP contribution in [-0.2, 0) is 15.7 Å². The Balaban J connectivity index is 1.51. The van der Waals surface area contributed by atoms with Crippen LogP contribution >= 0.6 is 0 Å². The van der Waals surface area contributed by atoms with Crippen molar-refractivity contribution in [3.63, 3.8) is 0 Å². The molecule has 0 aliphatic carbocycles. The normalized spacial score (nSPS) is 14.5. The van der Waals surface area contributed by atoms with Gasteiger partial charge in [-0.25, -0.2) is 4.39 Å². The summed E-state index contributed by atoms with van der Waals surface area (Å²) in [6, 6.07) is 2.07. The van der Waals surface area contributed by atoms with E-state index in [0.29, 0.717) is 25.5 Å². The minimum absolute atomic E-state index is 0.159. The van der Waals surface area contributed by atoms with Crippen molar-refractivity contribution in [2.75, 3.05) is 19.7 Å². The molecular weight excluding hydrogens is 510 g/mol. The van der Waals surface area contributed by atoms with Gasteiger partial charge in [0.15, 0.2) is 0 Å². The van der Waals surface area contributed by atoms with Crippen LogP contribution in [0, 0.1) is 11.7 Å². The van der Waals surface area contributed by atoms with E-state index in [2.05, 4.69) is 6.92 Å². The largest absolute Gasteiger partial charge is 0.465 e. The van der Waals surface area contributed by atoms with Crippen LogP contribution in [-0.4, -0.2) is 36.5 Å². The third-order valence-corrected chi connectivity index (χ3v) is 7.63. The summed E-state index contributed by atoms with van der Waals surface area (Å²) in [5.41, 5.74) is -1.85. The molecular formula is C31H47F4NO3. The lowest BCUT2D eigenvalue weighted by Crippen LogP contribution is -2.41. The monoisotopic (exact) mass is 557 g/mol. The lowest BCUT2D eigenvalue weighted by atomic mass is 9.96.